The molecule has 0 saturated carbocycles. The summed E-state index contributed by atoms with van der Waals surface area (Å²) in [5.74, 6) is 0.0686. The van der Waals surface area contributed by atoms with Gasteiger partial charge in [0.2, 0.25) is 0 Å². The summed E-state index contributed by atoms with van der Waals surface area (Å²) in [7, 11) is 0. The largest absolute Gasteiger partial charge is 0.345 e. The molecule has 4 rings (SSSR count). The predicted molar refractivity (Wildman–Crippen MR) is 124 cm³/mol. The number of hydrogen-bond donors (Lipinski definition) is 0. The number of rotatable bonds is 6. The molecule has 0 aliphatic rings. The minimum Gasteiger partial charge on any atom is -0.345 e. The summed E-state index contributed by atoms with van der Waals surface area (Å²) in [5.41, 5.74) is 4.40. The molecule has 0 fully saturated rings. The second kappa shape index (κ2) is 8.58. The van der Waals surface area contributed by atoms with Crippen molar-refractivity contribution in [1.82, 2.24) is 9.47 Å². The Labute approximate surface area is 178 Å². The molecule has 0 saturated heterocycles. The van der Waals surface area contributed by atoms with Crippen molar-refractivity contribution in [3.8, 4) is 0 Å². The third kappa shape index (κ3) is 4.30. The highest BCUT2D eigenvalue weighted by Gasteiger charge is 2.20. The van der Waals surface area contributed by atoms with Crippen LogP contribution in [0.15, 0.2) is 85.1 Å². The van der Waals surface area contributed by atoms with Gasteiger partial charge < -0.3 is 9.47 Å². The van der Waals surface area contributed by atoms with Crippen molar-refractivity contribution in [2.75, 3.05) is 0 Å². The van der Waals surface area contributed by atoms with Crippen molar-refractivity contribution in [3.05, 3.63) is 107 Å². The topological polar surface area (TPSA) is 25.2 Å². The lowest BCUT2D eigenvalue weighted by molar-refractivity contribution is 0.0686. The van der Waals surface area contributed by atoms with Gasteiger partial charge >= 0.3 is 0 Å². The van der Waals surface area contributed by atoms with Crippen molar-refractivity contribution in [1.29, 1.82) is 0 Å². The van der Waals surface area contributed by atoms with Crippen LogP contribution in [0.2, 0.25) is 0 Å². The van der Waals surface area contributed by atoms with Gasteiger partial charge in [-0.25, -0.2) is 0 Å². The highest BCUT2D eigenvalue weighted by Crippen LogP contribution is 2.20. The molecular formula is C27H28N2O. The molecule has 4 aromatic rings. The molecule has 1 amide bonds. The zero-order chi connectivity index (χ0) is 21.1. The van der Waals surface area contributed by atoms with Gasteiger partial charge in [0.15, 0.2) is 0 Å². The summed E-state index contributed by atoms with van der Waals surface area (Å²) in [4.78, 5) is 15.3. The van der Waals surface area contributed by atoms with Crippen LogP contribution in [-0.4, -0.2) is 21.4 Å². The Kier molecular flexibility index (Phi) is 5.71. The second-order valence-corrected chi connectivity index (χ2v) is 8.21. The minimum absolute atomic E-state index is 0.0686. The van der Waals surface area contributed by atoms with Crippen LogP contribution in [-0.2, 0) is 13.1 Å². The average Bonchev–Trinajstić information content (AvgIpc) is 3.17. The zero-order valence-electron chi connectivity index (χ0n) is 17.9. The lowest BCUT2D eigenvalue weighted by atomic mass is 10.1. The highest BCUT2D eigenvalue weighted by molar-refractivity contribution is 5.98. The molecule has 3 nitrogen and oxygen atoms in total. The smallest absolute Gasteiger partial charge is 0.254 e. The molecule has 152 valence electrons. The molecular weight excluding hydrogens is 368 g/mol. The third-order valence-corrected chi connectivity index (χ3v) is 5.57. The summed E-state index contributed by atoms with van der Waals surface area (Å²) < 4.78 is 2.23. The summed E-state index contributed by atoms with van der Waals surface area (Å²) >= 11 is 0. The Bertz CT molecular complexity index is 1170. The van der Waals surface area contributed by atoms with Crippen molar-refractivity contribution in [3.63, 3.8) is 0 Å². The number of fused-ring (bicyclic) bond motifs is 1. The summed E-state index contributed by atoms with van der Waals surface area (Å²) in [6.07, 6.45) is 2.09. The van der Waals surface area contributed by atoms with E-state index < -0.39 is 0 Å². The molecule has 3 aromatic carbocycles. The van der Waals surface area contributed by atoms with Gasteiger partial charge in [0.05, 0.1) is 6.54 Å². The van der Waals surface area contributed by atoms with E-state index in [0.29, 0.717) is 6.54 Å². The first-order valence-corrected chi connectivity index (χ1v) is 10.5. The fraction of sp³-hybridized carbons (Fsp3) is 0.222. The van der Waals surface area contributed by atoms with Gasteiger partial charge in [-0.2, -0.15) is 0 Å². The van der Waals surface area contributed by atoms with Gasteiger partial charge in [0.1, 0.15) is 0 Å². The minimum atomic E-state index is 0.0686. The van der Waals surface area contributed by atoms with Gasteiger partial charge in [0, 0.05) is 30.0 Å². The third-order valence-electron chi connectivity index (χ3n) is 5.57. The van der Waals surface area contributed by atoms with Crippen LogP contribution in [0, 0.1) is 6.92 Å². The zero-order valence-corrected chi connectivity index (χ0v) is 17.9. The number of hydrogen-bond acceptors (Lipinski definition) is 1. The maximum absolute atomic E-state index is 13.4. The second-order valence-electron chi connectivity index (χ2n) is 8.21. The number of aromatic nitrogens is 1. The lowest BCUT2D eigenvalue weighted by Gasteiger charge is -2.27. The van der Waals surface area contributed by atoms with Crippen LogP contribution in [0.3, 0.4) is 0 Å². The molecule has 30 heavy (non-hydrogen) atoms. The summed E-state index contributed by atoms with van der Waals surface area (Å²) in [5, 5.41) is 2.24. The van der Waals surface area contributed by atoms with E-state index in [1.54, 1.807) is 0 Å². The molecule has 1 aromatic heterocycles. The predicted octanol–water partition coefficient (Wildman–Crippen LogP) is 6.05. The normalized spacial score (nSPS) is 11.2. The van der Waals surface area contributed by atoms with E-state index in [1.165, 1.54) is 11.1 Å². The molecule has 0 radical (unpaired) electrons. The van der Waals surface area contributed by atoms with Gasteiger partial charge in [-0.15, -0.1) is 0 Å². The standard InChI is InChI=1S/C27H28N2O/c1-20(2)29(27(30)25-14-13-23-10-4-5-11-24(23)17-25)19-26-12-7-15-28(26)18-22-9-6-8-21(3)16-22/h4-17,20H,18-19H2,1-3H3. The first-order chi connectivity index (χ1) is 14.5. The maximum Gasteiger partial charge on any atom is 0.254 e. The lowest BCUT2D eigenvalue weighted by Crippen LogP contribution is -2.37. The van der Waals surface area contributed by atoms with E-state index in [0.717, 1.165) is 28.6 Å². The quantitative estimate of drug-likeness (QED) is 0.389. The van der Waals surface area contributed by atoms with Crippen molar-refractivity contribution in [2.45, 2.75) is 39.9 Å². The Hall–Kier alpha value is -3.33. The van der Waals surface area contributed by atoms with Crippen molar-refractivity contribution < 1.29 is 4.79 Å². The first kappa shape index (κ1) is 20.0. The molecule has 0 atom stereocenters. The molecule has 0 unspecified atom stereocenters. The van der Waals surface area contributed by atoms with E-state index in [9.17, 15) is 4.79 Å². The van der Waals surface area contributed by atoms with Crippen molar-refractivity contribution >= 4 is 16.7 Å². The number of benzene rings is 3. The highest BCUT2D eigenvalue weighted by atomic mass is 16.2. The summed E-state index contributed by atoms with van der Waals surface area (Å²) in [6, 6.07) is 27.0. The van der Waals surface area contributed by atoms with Crippen LogP contribution >= 0.6 is 0 Å². The van der Waals surface area contributed by atoms with E-state index >= 15 is 0 Å². The monoisotopic (exact) mass is 396 g/mol. The molecule has 0 aliphatic carbocycles. The number of amides is 1. The SMILES string of the molecule is Cc1cccc(Cn2cccc2CN(C(=O)c2ccc3ccccc3c2)C(C)C)c1. The number of aryl methyl sites for hydroxylation is 1. The molecule has 3 heteroatoms. The Morgan fingerprint density at radius 3 is 2.47 bits per heavy atom. The molecule has 0 N–H and O–H groups in total. The van der Waals surface area contributed by atoms with E-state index in [1.807, 2.05) is 35.2 Å². The maximum atomic E-state index is 13.4. The van der Waals surface area contributed by atoms with Crippen LogP contribution < -0.4 is 0 Å². The van der Waals surface area contributed by atoms with E-state index in [-0.39, 0.29) is 11.9 Å². The average molecular weight is 397 g/mol. The van der Waals surface area contributed by atoms with Crippen LogP contribution in [0.4, 0.5) is 0 Å². The van der Waals surface area contributed by atoms with Crippen molar-refractivity contribution in [2.24, 2.45) is 0 Å². The summed E-state index contributed by atoms with van der Waals surface area (Å²) in [6.45, 7) is 7.66. The van der Waals surface area contributed by atoms with Gasteiger partial charge in [0.25, 0.3) is 5.91 Å². The fourth-order valence-corrected chi connectivity index (χ4v) is 3.91. The first-order valence-electron chi connectivity index (χ1n) is 10.5. The molecule has 1 heterocycles. The Balaban J connectivity index is 1.58. The fourth-order valence-electron chi connectivity index (χ4n) is 3.91. The number of carbonyl (C=O) groups excluding carboxylic acids is 1. The molecule has 0 aliphatic heterocycles. The Morgan fingerprint density at radius 2 is 1.70 bits per heavy atom. The molecule has 0 bridgehead atoms. The van der Waals surface area contributed by atoms with Gasteiger partial charge in [-0.05, 0) is 61.4 Å². The van der Waals surface area contributed by atoms with Gasteiger partial charge in [-0.1, -0.05) is 60.2 Å². The van der Waals surface area contributed by atoms with E-state index in [2.05, 4.69) is 80.1 Å². The van der Waals surface area contributed by atoms with Crippen LogP contribution in [0.25, 0.3) is 10.8 Å². The molecule has 0 spiro atoms. The van der Waals surface area contributed by atoms with Gasteiger partial charge in [-0.3, -0.25) is 4.79 Å². The number of carbonyl (C=O) groups is 1. The van der Waals surface area contributed by atoms with E-state index in [4.69, 9.17) is 0 Å². The Morgan fingerprint density at radius 1 is 0.900 bits per heavy atom. The number of nitrogens with zero attached hydrogens (tertiary/aromatic N) is 2. The van der Waals surface area contributed by atoms with Crippen LogP contribution in [0.5, 0.6) is 0 Å². The van der Waals surface area contributed by atoms with Crippen LogP contribution in [0.1, 0.15) is 41.0 Å².